The molecule has 1 spiro atoms. The first-order valence-electron chi connectivity index (χ1n) is 10.3. The van der Waals surface area contributed by atoms with Gasteiger partial charge in [0.25, 0.3) is 0 Å². The molecule has 2 fully saturated rings. The van der Waals surface area contributed by atoms with Gasteiger partial charge in [0.2, 0.25) is 11.8 Å². The monoisotopic (exact) mass is 398 g/mol. The lowest BCUT2D eigenvalue weighted by Gasteiger charge is -2.46. The normalized spacial score (nSPS) is 21.2. The van der Waals surface area contributed by atoms with Crippen molar-refractivity contribution in [3.05, 3.63) is 59.5 Å². The number of carbonyl (C=O) groups is 1. The van der Waals surface area contributed by atoms with Gasteiger partial charge in [-0.1, -0.05) is 24.3 Å². The molecule has 2 saturated heterocycles. The molecule has 0 bridgehead atoms. The lowest BCUT2D eigenvalue weighted by atomic mass is 9.83. The molecule has 1 aromatic carbocycles. The van der Waals surface area contributed by atoms with Crippen LogP contribution in [0.3, 0.4) is 0 Å². The minimum absolute atomic E-state index is 0.0301. The first kappa shape index (κ1) is 19.8. The smallest absolute Gasteiger partial charge is 0.227 e. The molecule has 4 rings (SSSR count). The molecular formula is C23H27FN2O3. The number of piperidine rings is 1. The second-order valence-electron chi connectivity index (χ2n) is 8.03. The average Bonchev–Trinajstić information content (AvgIpc) is 2.70. The van der Waals surface area contributed by atoms with Crippen LogP contribution in [0.15, 0.2) is 42.5 Å². The van der Waals surface area contributed by atoms with Crippen LogP contribution < -0.4 is 4.74 Å². The van der Waals surface area contributed by atoms with E-state index in [0.29, 0.717) is 31.1 Å². The molecular weight excluding hydrogens is 371 g/mol. The fourth-order valence-electron chi connectivity index (χ4n) is 4.27. The Labute approximate surface area is 170 Å². The molecule has 2 aliphatic rings. The SMILES string of the molecule is Cc1cccc(OC2CCOC3(CCN(C(=O)Cc4ccccc4F)CC3)C2)n1. The van der Waals surface area contributed by atoms with Gasteiger partial charge >= 0.3 is 0 Å². The number of halogens is 1. The predicted octanol–water partition coefficient (Wildman–Crippen LogP) is 3.69. The molecule has 1 aromatic heterocycles. The number of ether oxygens (including phenoxy) is 2. The Balaban J connectivity index is 1.33. The van der Waals surface area contributed by atoms with Gasteiger partial charge < -0.3 is 14.4 Å². The summed E-state index contributed by atoms with van der Waals surface area (Å²) in [5, 5.41) is 0. The molecule has 0 radical (unpaired) electrons. The van der Waals surface area contributed by atoms with Crippen LogP contribution in [0.5, 0.6) is 5.88 Å². The number of hydrogen-bond donors (Lipinski definition) is 0. The Kier molecular flexibility index (Phi) is 5.81. The van der Waals surface area contributed by atoms with E-state index in [-0.39, 0.29) is 29.9 Å². The highest BCUT2D eigenvalue weighted by Gasteiger charge is 2.42. The van der Waals surface area contributed by atoms with Crippen molar-refractivity contribution >= 4 is 5.91 Å². The Hall–Kier alpha value is -2.47. The van der Waals surface area contributed by atoms with Crippen molar-refractivity contribution in [1.29, 1.82) is 0 Å². The topological polar surface area (TPSA) is 51.7 Å². The summed E-state index contributed by atoms with van der Waals surface area (Å²) >= 11 is 0. The molecule has 29 heavy (non-hydrogen) atoms. The molecule has 3 heterocycles. The van der Waals surface area contributed by atoms with Gasteiger partial charge in [-0.05, 0) is 37.5 Å². The second-order valence-corrected chi connectivity index (χ2v) is 8.03. The maximum Gasteiger partial charge on any atom is 0.227 e. The van der Waals surface area contributed by atoms with E-state index in [9.17, 15) is 9.18 Å². The first-order chi connectivity index (χ1) is 14.0. The summed E-state index contributed by atoms with van der Waals surface area (Å²) in [5.74, 6) is 0.303. The van der Waals surface area contributed by atoms with E-state index in [1.165, 1.54) is 6.07 Å². The van der Waals surface area contributed by atoms with Crippen LogP contribution in [0, 0.1) is 12.7 Å². The third-order valence-corrected chi connectivity index (χ3v) is 5.92. The van der Waals surface area contributed by atoms with E-state index >= 15 is 0 Å². The minimum Gasteiger partial charge on any atom is -0.474 e. The second kappa shape index (κ2) is 8.49. The van der Waals surface area contributed by atoms with E-state index in [2.05, 4.69) is 4.98 Å². The number of likely N-dealkylation sites (tertiary alicyclic amines) is 1. The molecule has 2 aromatic rings. The Morgan fingerprint density at radius 2 is 2.03 bits per heavy atom. The number of carbonyl (C=O) groups excluding carboxylic acids is 1. The zero-order chi connectivity index (χ0) is 20.3. The zero-order valence-corrected chi connectivity index (χ0v) is 16.8. The maximum absolute atomic E-state index is 13.8. The van der Waals surface area contributed by atoms with E-state index in [4.69, 9.17) is 9.47 Å². The Bertz CT molecular complexity index is 865. The van der Waals surface area contributed by atoms with Crippen molar-refractivity contribution in [3.8, 4) is 5.88 Å². The van der Waals surface area contributed by atoms with Crippen molar-refractivity contribution in [2.75, 3.05) is 19.7 Å². The molecule has 6 heteroatoms. The van der Waals surface area contributed by atoms with Gasteiger partial charge in [0.15, 0.2) is 0 Å². The minimum atomic E-state index is -0.324. The largest absolute Gasteiger partial charge is 0.474 e. The van der Waals surface area contributed by atoms with Crippen molar-refractivity contribution < 1.29 is 18.7 Å². The van der Waals surface area contributed by atoms with Crippen molar-refractivity contribution in [1.82, 2.24) is 9.88 Å². The van der Waals surface area contributed by atoms with Crippen LogP contribution in [0.1, 0.15) is 36.9 Å². The third kappa shape index (κ3) is 4.75. The van der Waals surface area contributed by atoms with Gasteiger partial charge in [-0.15, -0.1) is 0 Å². The lowest BCUT2D eigenvalue weighted by molar-refractivity contribution is -0.151. The van der Waals surface area contributed by atoms with Crippen LogP contribution in [0.4, 0.5) is 4.39 Å². The van der Waals surface area contributed by atoms with Crippen molar-refractivity contribution in [2.24, 2.45) is 0 Å². The molecule has 154 valence electrons. The summed E-state index contributed by atoms with van der Waals surface area (Å²) in [4.78, 5) is 18.9. The number of pyridine rings is 1. The molecule has 0 N–H and O–H groups in total. The van der Waals surface area contributed by atoms with Crippen LogP contribution in [-0.4, -0.2) is 47.2 Å². The number of aryl methyl sites for hydroxylation is 1. The van der Waals surface area contributed by atoms with Crippen LogP contribution >= 0.6 is 0 Å². The molecule has 2 aliphatic heterocycles. The molecule has 5 nitrogen and oxygen atoms in total. The third-order valence-electron chi connectivity index (χ3n) is 5.92. The van der Waals surface area contributed by atoms with Gasteiger partial charge in [-0.3, -0.25) is 4.79 Å². The summed E-state index contributed by atoms with van der Waals surface area (Å²) in [6, 6.07) is 12.3. The van der Waals surface area contributed by atoms with E-state index in [1.54, 1.807) is 18.2 Å². The van der Waals surface area contributed by atoms with Crippen molar-refractivity contribution in [3.63, 3.8) is 0 Å². The van der Waals surface area contributed by atoms with Crippen LogP contribution in [0.2, 0.25) is 0 Å². The number of hydrogen-bond acceptors (Lipinski definition) is 4. The Morgan fingerprint density at radius 3 is 2.79 bits per heavy atom. The quantitative estimate of drug-likeness (QED) is 0.788. The zero-order valence-electron chi connectivity index (χ0n) is 16.8. The first-order valence-corrected chi connectivity index (χ1v) is 10.3. The Morgan fingerprint density at radius 1 is 1.24 bits per heavy atom. The number of nitrogens with zero attached hydrogens (tertiary/aromatic N) is 2. The summed E-state index contributed by atoms with van der Waals surface area (Å²) < 4.78 is 26.1. The van der Waals surface area contributed by atoms with Gasteiger partial charge in [-0.2, -0.15) is 0 Å². The number of rotatable bonds is 4. The van der Waals surface area contributed by atoms with Crippen molar-refractivity contribution in [2.45, 2.75) is 50.7 Å². The summed E-state index contributed by atoms with van der Waals surface area (Å²) in [7, 11) is 0. The van der Waals surface area contributed by atoms with Crippen LogP contribution in [0.25, 0.3) is 0 Å². The van der Waals surface area contributed by atoms with Gasteiger partial charge in [0.1, 0.15) is 11.9 Å². The van der Waals surface area contributed by atoms with E-state index in [1.807, 2.05) is 30.0 Å². The molecule has 1 atom stereocenters. The highest BCUT2D eigenvalue weighted by molar-refractivity contribution is 5.79. The van der Waals surface area contributed by atoms with E-state index in [0.717, 1.165) is 31.4 Å². The standard InChI is InChI=1S/C23H27FN2O3/c1-17-5-4-8-21(25-17)29-19-9-14-28-23(16-19)10-12-26(13-11-23)22(27)15-18-6-2-3-7-20(18)24/h2-8,19H,9-16H2,1H3. The maximum atomic E-state index is 13.8. The molecule has 1 amide bonds. The number of amides is 1. The summed E-state index contributed by atoms with van der Waals surface area (Å²) in [5.41, 5.74) is 1.14. The highest BCUT2D eigenvalue weighted by atomic mass is 19.1. The number of aromatic nitrogens is 1. The fraction of sp³-hybridized carbons (Fsp3) is 0.478. The molecule has 0 aliphatic carbocycles. The lowest BCUT2D eigenvalue weighted by Crippen LogP contribution is -2.52. The predicted molar refractivity (Wildman–Crippen MR) is 107 cm³/mol. The average molecular weight is 398 g/mol. The van der Waals surface area contributed by atoms with Crippen LogP contribution in [-0.2, 0) is 16.0 Å². The summed E-state index contributed by atoms with van der Waals surface area (Å²) in [6.07, 6.45) is 3.36. The number of benzene rings is 1. The van der Waals surface area contributed by atoms with Gasteiger partial charge in [0.05, 0.1) is 18.6 Å². The van der Waals surface area contributed by atoms with Gasteiger partial charge in [-0.25, -0.2) is 9.37 Å². The fourth-order valence-corrected chi connectivity index (χ4v) is 4.27. The summed E-state index contributed by atoms with van der Waals surface area (Å²) in [6.45, 7) is 3.86. The molecule has 1 unspecified atom stereocenters. The highest BCUT2D eigenvalue weighted by Crippen LogP contribution is 2.36. The van der Waals surface area contributed by atoms with Gasteiger partial charge in [0, 0.05) is 37.7 Å². The molecule has 0 saturated carbocycles. The van der Waals surface area contributed by atoms with E-state index < -0.39 is 0 Å².